The van der Waals surface area contributed by atoms with Crippen LogP contribution in [-0.2, 0) is 0 Å². The maximum atomic E-state index is 4.11. The van der Waals surface area contributed by atoms with E-state index in [1.807, 2.05) is 0 Å². The summed E-state index contributed by atoms with van der Waals surface area (Å²) in [6, 6.07) is 0.608. The highest BCUT2D eigenvalue weighted by Crippen LogP contribution is 2.57. The summed E-state index contributed by atoms with van der Waals surface area (Å²) in [5.41, 5.74) is 2.11. The summed E-state index contributed by atoms with van der Waals surface area (Å²) in [5.74, 6) is 1.57. The molecule has 0 unspecified atom stereocenters. The first-order valence-electron chi connectivity index (χ1n) is 13.3. The van der Waals surface area contributed by atoms with E-state index >= 15 is 0 Å². The molecule has 0 radical (unpaired) electrons. The molecule has 2 heteroatoms. The van der Waals surface area contributed by atoms with Crippen molar-refractivity contribution in [3.63, 3.8) is 0 Å². The van der Waals surface area contributed by atoms with Crippen molar-refractivity contribution in [1.82, 2.24) is 9.80 Å². The molecule has 4 rings (SSSR count). The molecule has 2 bridgehead atoms. The summed E-state index contributed by atoms with van der Waals surface area (Å²) in [5, 5.41) is 0. The van der Waals surface area contributed by atoms with Crippen molar-refractivity contribution in [3.05, 3.63) is 62.3 Å². The van der Waals surface area contributed by atoms with E-state index in [9.17, 15) is 0 Å². The summed E-state index contributed by atoms with van der Waals surface area (Å²) in [7, 11) is 0. The predicted molar refractivity (Wildman–Crippen MR) is 141 cm³/mol. The Hall–Kier alpha value is -1.38. The zero-order chi connectivity index (χ0) is 22.8. The summed E-state index contributed by atoms with van der Waals surface area (Å²) in [4.78, 5) is 5.71. The Balaban J connectivity index is 1.84. The fourth-order valence-electron chi connectivity index (χ4n) is 7.06. The predicted octanol–water partition coefficient (Wildman–Crippen LogP) is 7.18. The maximum absolute atomic E-state index is 4.11. The van der Waals surface area contributed by atoms with Crippen molar-refractivity contribution in [3.8, 4) is 0 Å². The molecule has 4 atom stereocenters. The molecule has 2 fully saturated rings. The topological polar surface area (TPSA) is 6.48 Å². The summed E-state index contributed by atoms with van der Waals surface area (Å²) >= 11 is 0. The first-order chi connectivity index (χ1) is 15.7. The Morgan fingerprint density at radius 1 is 0.875 bits per heavy atom. The van der Waals surface area contributed by atoms with Gasteiger partial charge in [0.1, 0.15) is 0 Å². The molecule has 0 amide bonds. The Labute approximate surface area is 198 Å². The number of allylic oxidation sites excluding steroid dienone is 4. The third-order valence-electron chi connectivity index (χ3n) is 8.35. The van der Waals surface area contributed by atoms with E-state index in [0.717, 1.165) is 37.5 Å². The van der Waals surface area contributed by atoms with Gasteiger partial charge in [-0.05, 0) is 102 Å². The number of piperidine rings is 2. The fourth-order valence-corrected chi connectivity index (χ4v) is 7.06. The smallest absolute Gasteiger partial charge is 0.0379 e. The minimum absolute atomic E-state index is 0.386. The van der Waals surface area contributed by atoms with E-state index in [1.54, 1.807) is 5.57 Å². The van der Waals surface area contributed by atoms with Crippen LogP contribution in [0.3, 0.4) is 0 Å². The van der Waals surface area contributed by atoms with Gasteiger partial charge in [-0.1, -0.05) is 36.0 Å². The van der Waals surface area contributed by atoms with Crippen LogP contribution >= 0.6 is 0 Å². The van der Waals surface area contributed by atoms with Crippen molar-refractivity contribution in [2.45, 2.75) is 76.7 Å². The van der Waals surface area contributed by atoms with Crippen LogP contribution in [0.2, 0.25) is 0 Å². The monoisotopic (exact) mass is 436 g/mol. The van der Waals surface area contributed by atoms with Crippen LogP contribution in [0.25, 0.3) is 0 Å². The molecule has 0 aromatic heterocycles. The maximum Gasteiger partial charge on any atom is 0.0379 e. The van der Waals surface area contributed by atoms with Crippen LogP contribution in [0.15, 0.2) is 62.3 Å². The minimum atomic E-state index is 0.386. The van der Waals surface area contributed by atoms with Gasteiger partial charge in [-0.3, -0.25) is 4.90 Å². The lowest BCUT2D eigenvalue weighted by atomic mass is 9.52. The lowest BCUT2D eigenvalue weighted by Crippen LogP contribution is -2.68. The highest BCUT2D eigenvalue weighted by Gasteiger charge is 2.58. The molecule has 3 heterocycles. The standard InChI is InChI=1S/C30H48N2/c1-5-9-13-15-20-31-22-18-28-27-23-26(17-11-7-3)29(30(28,25-31)19-12-8-4)32(24-27)21-16-14-10-6-2/h5-8,23,27-29H,1-4,9-22,24-25H2/t27-,28-,29-,30-/m0/s1. The molecule has 1 aliphatic carbocycles. The number of unbranched alkanes of at least 4 members (excludes halogenated alkanes) is 4. The second-order valence-electron chi connectivity index (χ2n) is 10.4. The average Bonchev–Trinajstić information content (AvgIpc) is 2.82. The first-order valence-corrected chi connectivity index (χ1v) is 13.3. The molecule has 0 spiro atoms. The molecule has 4 aliphatic rings. The number of hydrogen-bond acceptors (Lipinski definition) is 2. The number of rotatable bonds is 16. The highest BCUT2D eigenvalue weighted by atomic mass is 15.2. The van der Waals surface area contributed by atoms with E-state index in [2.05, 4.69) is 66.5 Å². The lowest BCUT2D eigenvalue weighted by molar-refractivity contribution is -0.110. The second kappa shape index (κ2) is 12.8. The summed E-state index contributed by atoms with van der Waals surface area (Å²) < 4.78 is 0. The molecule has 32 heavy (non-hydrogen) atoms. The zero-order valence-electron chi connectivity index (χ0n) is 20.7. The Kier molecular flexibility index (Phi) is 10.1. The van der Waals surface area contributed by atoms with Gasteiger partial charge in [-0.15, -0.1) is 26.3 Å². The van der Waals surface area contributed by atoms with E-state index in [4.69, 9.17) is 0 Å². The van der Waals surface area contributed by atoms with Gasteiger partial charge in [-0.2, -0.15) is 0 Å². The fraction of sp³-hybridized carbons (Fsp3) is 0.667. The van der Waals surface area contributed by atoms with Crippen LogP contribution < -0.4 is 0 Å². The molecule has 2 saturated heterocycles. The molecule has 0 aromatic carbocycles. The van der Waals surface area contributed by atoms with Crippen molar-refractivity contribution in [2.24, 2.45) is 17.3 Å². The normalized spacial score (nSPS) is 29.9. The van der Waals surface area contributed by atoms with Gasteiger partial charge in [0.2, 0.25) is 0 Å². The van der Waals surface area contributed by atoms with Crippen molar-refractivity contribution < 1.29 is 0 Å². The quantitative estimate of drug-likeness (QED) is 0.187. The molecule has 178 valence electrons. The van der Waals surface area contributed by atoms with Crippen LogP contribution in [0.1, 0.15) is 70.6 Å². The number of nitrogens with zero attached hydrogens (tertiary/aromatic N) is 2. The lowest BCUT2D eigenvalue weighted by Gasteiger charge is -2.64. The van der Waals surface area contributed by atoms with Crippen LogP contribution in [0.5, 0.6) is 0 Å². The average molecular weight is 437 g/mol. The number of hydrogen-bond donors (Lipinski definition) is 0. The zero-order valence-corrected chi connectivity index (χ0v) is 20.7. The summed E-state index contributed by atoms with van der Waals surface area (Å²) in [6.45, 7) is 22.3. The third kappa shape index (κ3) is 5.75. The van der Waals surface area contributed by atoms with Gasteiger partial charge in [0.25, 0.3) is 0 Å². The van der Waals surface area contributed by atoms with Gasteiger partial charge in [0.05, 0.1) is 0 Å². The van der Waals surface area contributed by atoms with Crippen LogP contribution in [0.4, 0.5) is 0 Å². The van der Waals surface area contributed by atoms with Gasteiger partial charge >= 0.3 is 0 Å². The van der Waals surface area contributed by atoms with Crippen molar-refractivity contribution in [2.75, 3.05) is 32.7 Å². The number of fused-ring (bicyclic) bond motifs is 1. The van der Waals surface area contributed by atoms with Gasteiger partial charge in [0, 0.05) is 24.5 Å². The Morgan fingerprint density at radius 2 is 1.56 bits per heavy atom. The van der Waals surface area contributed by atoms with E-state index in [-0.39, 0.29) is 0 Å². The van der Waals surface area contributed by atoms with E-state index < -0.39 is 0 Å². The molecular formula is C30H48N2. The van der Waals surface area contributed by atoms with Crippen molar-refractivity contribution >= 4 is 0 Å². The van der Waals surface area contributed by atoms with Crippen LogP contribution in [-0.4, -0.2) is 48.6 Å². The second-order valence-corrected chi connectivity index (χ2v) is 10.4. The molecule has 0 aromatic rings. The first kappa shape index (κ1) is 25.2. The van der Waals surface area contributed by atoms with Gasteiger partial charge in [0.15, 0.2) is 0 Å². The molecule has 2 nitrogen and oxygen atoms in total. The Bertz CT molecular complexity index is 662. The molecular weight excluding hydrogens is 388 g/mol. The van der Waals surface area contributed by atoms with Gasteiger partial charge < -0.3 is 4.90 Å². The van der Waals surface area contributed by atoms with E-state index in [1.165, 1.54) is 77.7 Å². The van der Waals surface area contributed by atoms with Crippen molar-refractivity contribution in [1.29, 1.82) is 0 Å². The molecule has 0 N–H and O–H groups in total. The minimum Gasteiger partial charge on any atom is -0.303 e. The number of likely N-dealkylation sites (tertiary alicyclic amines) is 1. The SMILES string of the molecule is C=CCCCCN1CC[C@H]2[C@H]3C=C(CCC=C)[C@H](N(CCCCC=C)C3)[C@@]2(CCC=C)C1. The van der Waals surface area contributed by atoms with Crippen LogP contribution in [0, 0.1) is 17.3 Å². The molecule has 3 aliphatic heterocycles. The van der Waals surface area contributed by atoms with E-state index in [0.29, 0.717) is 11.5 Å². The van der Waals surface area contributed by atoms with Gasteiger partial charge in [-0.25, -0.2) is 0 Å². The Morgan fingerprint density at radius 3 is 2.25 bits per heavy atom. The highest BCUT2D eigenvalue weighted by molar-refractivity contribution is 5.30. The largest absolute Gasteiger partial charge is 0.303 e. The third-order valence-corrected chi connectivity index (χ3v) is 8.35. The molecule has 0 saturated carbocycles. The summed E-state index contributed by atoms with van der Waals surface area (Å²) in [6.07, 6.45) is 24.6.